The summed E-state index contributed by atoms with van der Waals surface area (Å²) in [6, 6.07) is 12.7. The van der Waals surface area contributed by atoms with Crippen LogP contribution in [0.1, 0.15) is 28.0 Å². The number of esters is 1. The van der Waals surface area contributed by atoms with Gasteiger partial charge in [-0.05, 0) is 43.3 Å². The van der Waals surface area contributed by atoms with Crippen LogP contribution in [-0.2, 0) is 18.0 Å². The number of carbonyl (C=O) groups is 1. The van der Waals surface area contributed by atoms with Gasteiger partial charge in [-0.3, -0.25) is 0 Å². The Morgan fingerprint density at radius 1 is 1.07 bits per heavy atom. The van der Waals surface area contributed by atoms with Gasteiger partial charge in [0.2, 0.25) is 0 Å². The first-order valence-corrected chi connectivity index (χ1v) is 9.24. The van der Waals surface area contributed by atoms with Crippen molar-refractivity contribution < 1.29 is 23.4 Å². The first-order chi connectivity index (χ1) is 13.2. The van der Waals surface area contributed by atoms with E-state index in [1.54, 1.807) is 36.4 Å². The van der Waals surface area contributed by atoms with Crippen LogP contribution in [0.2, 0.25) is 0 Å². The van der Waals surface area contributed by atoms with E-state index in [0.717, 1.165) is 5.01 Å². The van der Waals surface area contributed by atoms with Crippen molar-refractivity contribution in [3.05, 3.63) is 76.0 Å². The minimum Gasteiger partial charge on any atom is -0.493 e. The third-order valence-corrected chi connectivity index (χ3v) is 4.40. The lowest BCUT2D eigenvalue weighted by atomic mass is 10.2. The molecule has 0 bridgehead atoms. The van der Waals surface area contributed by atoms with Crippen molar-refractivity contribution in [3.8, 4) is 11.5 Å². The number of benzene rings is 2. The van der Waals surface area contributed by atoms with Crippen molar-refractivity contribution in [2.24, 2.45) is 0 Å². The first-order valence-electron chi connectivity index (χ1n) is 8.36. The molecule has 0 radical (unpaired) electrons. The molecule has 3 rings (SSSR count). The molecule has 0 saturated carbocycles. The number of aromatic nitrogens is 1. The highest BCUT2D eigenvalue weighted by atomic mass is 32.1. The Morgan fingerprint density at radius 3 is 2.63 bits per heavy atom. The molecule has 3 aromatic rings. The van der Waals surface area contributed by atoms with Crippen molar-refractivity contribution in [3.63, 3.8) is 0 Å². The Labute approximate surface area is 160 Å². The van der Waals surface area contributed by atoms with Crippen LogP contribution >= 0.6 is 11.3 Å². The largest absolute Gasteiger partial charge is 0.493 e. The Balaban J connectivity index is 1.53. The molecule has 7 heteroatoms. The topological polar surface area (TPSA) is 57.7 Å². The van der Waals surface area contributed by atoms with Gasteiger partial charge < -0.3 is 14.2 Å². The van der Waals surface area contributed by atoms with Gasteiger partial charge in [0.25, 0.3) is 0 Å². The number of para-hydroxylation sites is 1. The number of hydrogen-bond acceptors (Lipinski definition) is 6. The van der Waals surface area contributed by atoms with E-state index in [4.69, 9.17) is 14.2 Å². The lowest BCUT2D eigenvalue weighted by Gasteiger charge is -2.09. The second kappa shape index (κ2) is 9.14. The fraction of sp³-hybridized carbons (Fsp3) is 0.200. The molecule has 2 aromatic carbocycles. The minimum atomic E-state index is -0.462. The fourth-order valence-electron chi connectivity index (χ4n) is 2.29. The molecule has 27 heavy (non-hydrogen) atoms. The highest BCUT2D eigenvalue weighted by Crippen LogP contribution is 2.20. The Hall–Kier alpha value is -2.93. The molecule has 0 fully saturated rings. The van der Waals surface area contributed by atoms with E-state index < -0.39 is 5.97 Å². The molecule has 1 aromatic heterocycles. The predicted molar refractivity (Wildman–Crippen MR) is 99.6 cm³/mol. The van der Waals surface area contributed by atoms with Gasteiger partial charge in [0.05, 0.1) is 12.3 Å². The van der Waals surface area contributed by atoms with Gasteiger partial charge in [-0.25, -0.2) is 14.2 Å². The number of ether oxygens (including phenoxy) is 3. The average molecular weight is 387 g/mol. The van der Waals surface area contributed by atoms with Crippen LogP contribution in [0.15, 0.2) is 53.9 Å². The van der Waals surface area contributed by atoms with E-state index in [9.17, 15) is 9.18 Å². The normalized spacial score (nSPS) is 10.4. The summed E-state index contributed by atoms with van der Waals surface area (Å²) in [5, 5.41) is 2.55. The maximum absolute atomic E-state index is 12.9. The van der Waals surface area contributed by atoms with Crippen molar-refractivity contribution >= 4 is 17.3 Å². The Kier molecular flexibility index (Phi) is 6.38. The van der Waals surface area contributed by atoms with E-state index >= 15 is 0 Å². The monoisotopic (exact) mass is 387 g/mol. The van der Waals surface area contributed by atoms with Gasteiger partial charge in [-0.15, -0.1) is 11.3 Å². The Bertz CT molecular complexity index is 895. The van der Waals surface area contributed by atoms with E-state index in [-0.39, 0.29) is 19.0 Å². The maximum Gasteiger partial charge on any atom is 0.342 e. The molecular weight excluding hydrogens is 369 g/mol. The molecule has 0 spiro atoms. The summed E-state index contributed by atoms with van der Waals surface area (Å²) in [4.78, 5) is 16.7. The minimum absolute atomic E-state index is 0.0618. The summed E-state index contributed by atoms with van der Waals surface area (Å²) >= 11 is 1.40. The molecule has 140 valence electrons. The van der Waals surface area contributed by atoms with Crippen molar-refractivity contribution in [2.75, 3.05) is 6.61 Å². The smallest absolute Gasteiger partial charge is 0.342 e. The van der Waals surface area contributed by atoms with Crippen molar-refractivity contribution in [2.45, 2.75) is 20.1 Å². The summed E-state index contributed by atoms with van der Waals surface area (Å²) in [6.07, 6.45) is 0. The zero-order valence-corrected chi connectivity index (χ0v) is 15.5. The highest BCUT2D eigenvalue weighted by molar-refractivity contribution is 7.09. The van der Waals surface area contributed by atoms with Gasteiger partial charge in [0.1, 0.15) is 41.1 Å². The van der Waals surface area contributed by atoms with Crippen LogP contribution in [0.25, 0.3) is 0 Å². The number of carbonyl (C=O) groups excluding carboxylic acids is 1. The third-order valence-electron chi connectivity index (χ3n) is 3.53. The standard InChI is InChI=1S/C20H18FNO4S/c1-2-24-18-6-4-3-5-17(18)20(23)26-11-15-13-27-19(22-15)12-25-16-9-7-14(21)8-10-16/h3-10,13H,2,11-12H2,1H3. The number of thiazole rings is 1. The fourth-order valence-corrected chi connectivity index (χ4v) is 2.98. The molecule has 0 N–H and O–H groups in total. The molecule has 0 atom stereocenters. The number of rotatable bonds is 8. The molecule has 0 saturated heterocycles. The van der Waals surface area contributed by atoms with E-state index in [0.29, 0.717) is 29.4 Å². The molecule has 1 heterocycles. The van der Waals surface area contributed by atoms with Crippen LogP contribution in [0.5, 0.6) is 11.5 Å². The lowest BCUT2D eigenvalue weighted by molar-refractivity contribution is 0.0463. The van der Waals surface area contributed by atoms with E-state index in [1.807, 2.05) is 12.3 Å². The average Bonchev–Trinajstić information content (AvgIpc) is 3.14. The second-order valence-corrected chi connectivity index (χ2v) is 6.42. The summed E-state index contributed by atoms with van der Waals surface area (Å²) in [5.74, 6) is 0.284. The third kappa shape index (κ3) is 5.27. The zero-order valence-electron chi connectivity index (χ0n) is 14.7. The van der Waals surface area contributed by atoms with Crippen LogP contribution in [0, 0.1) is 5.82 Å². The van der Waals surface area contributed by atoms with Crippen molar-refractivity contribution in [1.82, 2.24) is 4.98 Å². The molecular formula is C20H18FNO4S. The van der Waals surface area contributed by atoms with Gasteiger partial charge in [-0.1, -0.05) is 12.1 Å². The summed E-state index contributed by atoms with van der Waals surface area (Å²) in [5.41, 5.74) is 1.02. The molecule has 0 aliphatic rings. The molecule has 0 amide bonds. The SMILES string of the molecule is CCOc1ccccc1C(=O)OCc1csc(COc2ccc(F)cc2)n1. The van der Waals surface area contributed by atoms with Gasteiger partial charge in [0.15, 0.2) is 0 Å². The maximum atomic E-state index is 12.9. The molecule has 0 aliphatic carbocycles. The number of hydrogen-bond donors (Lipinski definition) is 0. The quantitative estimate of drug-likeness (QED) is 0.528. The van der Waals surface area contributed by atoms with E-state index in [1.165, 1.54) is 23.5 Å². The number of nitrogens with zero attached hydrogens (tertiary/aromatic N) is 1. The highest BCUT2D eigenvalue weighted by Gasteiger charge is 2.14. The van der Waals surface area contributed by atoms with Crippen LogP contribution in [-0.4, -0.2) is 17.6 Å². The number of halogens is 1. The van der Waals surface area contributed by atoms with Gasteiger partial charge >= 0.3 is 5.97 Å². The lowest BCUT2D eigenvalue weighted by Crippen LogP contribution is -2.08. The van der Waals surface area contributed by atoms with Crippen LogP contribution in [0.4, 0.5) is 4.39 Å². The predicted octanol–water partition coefficient (Wildman–Crippen LogP) is 4.62. The van der Waals surface area contributed by atoms with Gasteiger partial charge in [-0.2, -0.15) is 0 Å². The van der Waals surface area contributed by atoms with Crippen LogP contribution < -0.4 is 9.47 Å². The molecule has 5 nitrogen and oxygen atoms in total. The summed E-state index contributed by atoms with van der Waals surface area (Å²) in [6.45, 7) is 2.64. The van der Waals surface area contributed by atoms with E-state index in [2.05, 4.69) is 4.98 Å². The summed E-state index contributed by atoms with van der Waals surface area (Å²) < 4.78 is 29.2. The van der Waals surface area contributed by atoms with Crippen molar-refractivity contribution in [1.29, 1.82) is 0 Å². The summed E-state index contributed by atoms with van der Waals surface area (Å²) in [7, 11) is 0. The first kappa shape index (κ1) is 18.8. The Morgan fingerprint density at radius 2 is 1.85 bits per heavy atom. The second-order valence-electron chi connectivity index (χ2n) is 5.48. The molecule has 0 aliphatic heterocycles. The van der Waals surface area contributed by atoms with Gasteiger partial charge in [0, 0.05) is 5.38 Å². The van der Waals surface area contributed by atoms with Crippen LogP contribution in [0.3, 0.4) is 0 Å². The molecule has 0 unspecified atom stereocenters. The zero-order chi connectivity index (χ0) is 19.1.